The van der Waals surface area contributed by atoms with E-state index in [1.807, 2.05) is 0 Å². The molecule has 0 radical (unpaired) electrons. The zero-order chi connectivity index (χ0) is 15.9. The smallest absolute Gasteiger partial charge is 0.227 e. The molecule has 4 N–H and O–H groups in total. The van der Waals surface area contributed by atoms with Crippen LogP contribution in [0.3, 0.4) is 0 Å². The van der Waals surface area contributed by atoms with Gasteiger partial charge in [0.1, 0.15) is 5.75 Å². The van der Waals surface area contributed by atoms with Gasteiger partial charge in [0.15, 0.2) is 0 Å². The molecular weight excluding hydrogens is 282 g/mol. The Balaban J connectivity index is 1.79. The maximum absolute atomic E-state index is 12.1. The summed E-state index contributed by atoms with van der Waals surface area (Å²) in [5.74, 6) is 0.656. The van der Waals surface area contributed by atoms with Crippen molar-refractivity contribution in [3.8, 4) is 5.75 Å². The molecule has 2 rings (SSSR count). The lowest BCUT2D eigenvalue weighted by Crippen LogP contribution is -2.23. The van der Waals surface area contributed by atoms with Crippen molar-refractivity contribution in [3.63, 3.8) is 0 Å². The summed E-state index contributed by atoms with van der Waals surface area (Å²) in [6.45, 7) is 0.325. The normalized spacial score (nSPS) is 20.5. The second-order valence-electron chi connectivity index (χ2n) is 5.56. The van der Waals surface area contributed by atoms with Crippen LogP contribution in [-0.2, 0) is 9.59 Å². The molecule has 6 heteroatoms. The van der Waals surface area contributed by atoms with Gasteiger partial charge >= 0.3 is 0 Å². The molecule has 1 fully saturated rings. The average Bonchev–Trinajstić information content (AvgIpc) is 2.95. The van der Waals surface area contributed by atoms with Gasteiger partial charge in [-0.3, -0.25) is 9.59 Å². The van der Waals surface area contributed by atoms with Crippen LogP contribution in [0, 0.1) is 5.92 Å². The third kappa shape index (κ3) is 4.73. The number of ether oxygens (including phenoxy) is 1. The summed E-state index contributed by atoms with van der Waals surface area (Å²) in [6.07, 6.45) is 2.84. The monoisotopic (exact) mass is 305 g/mol. The molecule has 1 aliphatic carbocycles. The maximum Gasteiger partial charge on any atom is 0.227 e. The highest BCUT2D eigenvalue weighted by atomic mass is 16.5. The van der Waals surface area contributed by atoms with Gasteiger partial charge in [0, 0.05) is 24.7 Å². The molecule has 2 amide bonds. The van der Waals surface area contributed by atoms with Crippen LogP contribution < -0.4 is 21.1 Å². The number of nitrogens with two attached hydrogens (primary N) is 1. The van der Waals surface area contributed by atoms with Crippen LogP contribution in [0.1, 0.15) is 25.7 Å². The van der Waals surface area contributed by atoms with Crippen molar-refractivity contribution in [2.75, 3.05) is 19.0 Å². The van der Waals surface area contributed by atoms with E-state index in [-0.39, 0.29) is 23.8 Å². The summed E-state index contributed by atoms with van der Waals surface area (Å²) in [6, 6.07) is 7.29. The lowest BCUT2D eigenvalue weighted by Gasteiger charge is -2.11. The summed E-state index contributed by atoms with van der Waals surface area (Å²) >= 11 is 0. The highest BCUT2D eigenvalue weighted by molar-refractivity contribution is 5.92. The van der Waals surface area contributed by atoms with E-state index in [1.54, 1.807) is 31.3 Å². The summed E-state index contributed by atoms with van der Waals surface area (Å²) in [5, 5.41) is 5.44. The SMILES string of the molecule is CNC(=O)CCOc1ccc(NC(=O)C2CCC(N)C2)cc1. The summed E-state index contributed by atoms with van der Waals surface area (Å²) in [7, 11) is 1.59. The van der Waals surface area contributed by atoms with Crippen molar-refractivity contribution < 1.29 is 14.3 Å². The van der Waals surface area contributed by atoms with E-state index in [2.05, 4.69) is 10.6 Å². The molecule has 0 aliphatic heterocycles. The number of anilines is 1. The van der Waals surface area contributed by atoms with E-state index >= 15 is 0 Å². The van der Waals surface area contributed by atoms with Crippen LogP contribution in [0.2, 0.25) is 0 Å². The Morgan fingerprint density at radius 1 is 1.27 bits per heavy atom. The van der Waals surface area contributed by atoms with Gasteiger partial charge < -0.3 is 21.1 Å². The zero-order valence-electron chi connectivity index (χ0n) is 12.8. The minimum atomic E-state index is -0.0568. The van der Waals surface area contributed by atoms with Gasteiger partial charge in [-0.05, 0) is 43.5 Å². The second-order valence-corrected chi connectivity index (χ2v) is 5.56. The molecule has 0 saturated heterocycles. The van der Waals surface area contributed by atoms with Crippen LogP contribution in [0.15, 0.2) is 24.3 Å². The molecule has 1 aromatic rings. The fraction of sp³-hybridized carbons (Fsp3) is 0.500. The lowest BCUT2D eigenvalue weighted by atomic mass is 10.1. The molecule has 0 heterocycles. The van der Waals surface area contributed by atoms with Gasteiger partial charge in [0.2, 0.25) is 11.8 Å². The first kappa shape index (κ1) is 16.3. The molecule has 6 nitrogen and oxygen atoms in total. The highest BCUT2D eigenvalue weighted by Gasteiger charge is 2.27. The molecule has 1 aliphatic rings. The second kappa shape index (κ2) is 7.79. The molecule has 0 aromatic heterocycles. The first-order valence-corrected chi connectivity index (χ1v) is 7.58. The molecule has 2 unspecified atom stereocenters. The molecule has 1 aromatic carbocycles. The zero-order valence-corrected chi connectivity index (χ0v) is 12.8. The number of hydrogen-bond donors (Lipinski definition) is 3. The number of hydrogen-bond acceptors (Lipinski definition) is 4. The van der Waals surface area contributed by atoms with Crippen molar-refractivity contribution in [1.29, 1.82) is 0 Å². The van der Waals surface area contributed by atoms with E-state index in [9.17, 15) is 9.59 Å². The number of carbonyl (C=O) groups is 2. The van der Waals surface area contributed by atoms with Crippen LogP contribution in [-0.4, -0.2) is 31.5 Å². The number of benzene rings is 1. The predicted octanol–water partition coefficient (Wildman–Crippen LogP) is 1.27. The van der Waals surface area contributed by atoms with Crippen LogP contribution in [0.25, 0.3) is 0 Å². The molecule has 1 saturated carbocycles. The largest absolute Gasteiger partial charge is 0.493 e. The highest BCUT2D eigenvalue weighted by Crippen LogP contribution is 2.25. The molecular formula is C16H23N3O3. The van der Waals surface area contributed by atoms with Crippen molar-refractivity contribution in [2.45, 2.75) is 31.7 Å². The number of carbonyl (C=O) groups excluding carboxylic acids is 2. The third-order valence-electron chi connectivity index (χ3n) is 3.84. The Labute approximate surface area is 130 Å². The summed E-state index contributed by atoms with van der Waals surface area (Å²) in [4.78, 5) is 23.2. The quantitative estimate of drug-likeness (QED) is 0.738. The lowest BCUT2D eigenvalue weighted by molar-refractivity contribution is -0.121. The average molecular weight is 305 g/mol. The van der Waals surface area contributed by atoms with Gasteiger partial charge in [-0.1, -0.05) is 0 Å². The standard InChI is InChI=1S/C16H23N3O3/c1-18-15(20)8-9-22-14-6-4-13(5-7-14)19-16(21)11-2-3-12(17)10-11/h4-7,11-12H,2-3,8-10,17H2,1H3,(H,18,20)(H,19,21). The summed E-state index contributed by atoms with van der Waals surface area (Å²) < 4.78 is 5.46. The Bertz CT molecular complexity index is 516. The Morgan fingerprint density at radius 3 is 2.59 bits per heavy atom. The molecule has 22 heavy (non-hydrogen) atoms. The third-order valence-corrected chi connectivity index (χ3v) is 3.84. The minimum Gasteiger partial charge on any atom is -0.493 e. The van der Waals surface area contributed by atoms with Crippen molar-refractivity contribution in [1.82, 2.24) is 5.32 Å². The first-order chi connectivity index (χ1) is 10.6. The van der Waals surface area contributed by atoms with Crippen LogP contribution in [0.5, 0.6) is 5.75 Å². The van der Waals surface area contributed by atoms with Crippen molar-refractivity contribution >= 4 is 17.5 Å². The van der Waals surface area contributed by atoms with Crippen molar-refractivity contribution in [2.24, 2.45) is 11.7 Å². The Hall–Kier alpha value is -2.08. The number of nitrogens with one attached hydrogen (secondary N) is 2. The molecule has 2 atom stereocenters. The van der Waals surface area contributed by atoms with E-state index in [0.29, 0.717) is 18.8 Å². The Kier molecular flexibility index (Phi) is 5.77. The van der Waals surface area contributed by atoms with E-state index in [4.69, 9.17) is 10.5 Å². The topological polar surface area (TPSA) is 93.5 Å². The fourth-order valence-electron chi connectivity index (χ4n) is 2.52. The Morgan fingerprint density at radius 2 is 2.00 bits per heavy atom. The van der Waals surface area contributed by atoms with Gasteiger partial charge in [-0.25, -0.2) is 0 Å². The van der Waals surface area contributed by atoms with E-state index < -0.39 is 0 Å². The van der Waals surface area contributed by atoms with Crippen molar-refractivity contribution in [3.05, 3.63) is 24.3 Å². The van der Waals surface area contributed by atoms with Gasteiger partial charge in [0.25, 0.3) is 0 Å². The van der Waals surface area contributed by atoms with Gasteiger partial charge in [-0.15, -0.1) is 0 Å². The predicted molar refractivity (Wildman–Crippen MR) is 84.6 cm³/mol. The first-order valence-electron chi connectivity index (χ1n) is 7.58. The number of amides is 2. The van der Waals surface area contributed by atoms with Gasteiger partial charge in [0.05, 0.1) is 13.0 Å². The number of rotatable bonds is 6. The van der Waals surface area contributed by atoms with Crippen LogP contribution in [0.4, 0.5) is 5.69 Å². The molecule has 120 valence electrons. The minimum absolute atomic E-state index is 0.0125. The molecule has 0 spiro atoms. The van der Waals surface area contributed by atoms with Crippen LogP contribution >= 0.6 is 0 Å². The fourth-order valence-corrected chi connectivity index (χ4v) is 2.52. The summed E-state index contributed by atoms with van der Waals surface area (Å²) in [5.41, 5.74) is 6.57. The maximum atomic E-state index is 12.1. The van der Waals surface area contributed by atoms with E-state index in [0.717, 1.165) is 24.9 Å². The molecule has 0 bridgehead atoms. The van der Waals surface area contributed by atoms with Gasteiger partial charge in [-0.2, -0.15) is 0 Å². The van der Waals surface area contributed by atoms with E-state index in [1.165, 1.54) is 0 Å².